The SMILES string of the molecule is CC(C)c1noc(C2(O)CCN(S(=O)(=O)c3cccc4nonc34)C2)n1. The van der Waals surface area contributed by atoms with Crippen molar-refractivity contribution >= 4 is 21.1 Å². The molecule has 26 heavy (non-hydrogen) atoms. The van der Waals surface area contributed by atoms with Crippen LogP contribution in [0.2, 0.25) is 0 Å². The van der Waals surface area contributed by atoms with E-state index in [0.29, 0.717) is 11.3 Å². The van der Waals surface area contributed by atoms with Gasteiger partial charge in [0.25, 0.3) is 5.89 Å². The summed E-state index contributed by atoms with van der Waals surface area (Å²) < 4.78 is 37.0. The molecule has 11 heteroatoms. The Kier molecular flexibility index (Phi) is 3.82. The Hall–Kier alpha value is -2.37. The summed E-state index contributed by atoms with van der Waals surface area (Å²) in [5, 5.41) is 22.0. The minimum Gasteiger partial charge on any atom is -0.379 e. The average Bonchev–Trinajstić information content (AvgIpc) is 3.33. The summed E-state index contributed by atoms with van der Waals surface area (Å²) in [4.78, 5) is 4.19. The lowest BCUT2D eigenvalue weighted by molar-refractivity contribution is 0.0194. The van der Waals surface area contributed by atoms with E-state index in [1.54, 1.807) is 12.1 Å². The number of hydrogen-bond donors (Lipinski definition) is 1. The minimum absolute atomic E-state index is 0.0195. The van der Waals surface area contributed by atoms with Gasteiger partial charge in [-0.3, -0.25) is 0 Å². The minimum atomic E-state index is -3.90. The van der Waals surface area contributed by atoms with Crippen LogP contribution in [0.15, 0.2) is 32.2 Å². The largest absolute Gasteiger partial charge is 0.379 e. The fourth-order valence-electron chi connectivity index (χ4n) is 2.93. The van der Waals surface area contributed by atoms with Crippen LogP contribution in [0.4, 0.5) is 0 Å². The van der Waals surface area contributed by atoms with Crippen molar-refractivity contribution in [3.8, 4) is 0 Å². The van der Waals surface area contributed by atoms with Crippen LogP contribution < -0.4 is 0 Å². The van der Waals surface area contributed by atoms with Gasteiger partial charge >= 0.3 is 0 Å². The Morgan fingerprint density at radius 2 is 2.08 bits per heavy atom. The molecule has 1 saturated heterocycles. The van der Waals surface area contributed by atoms with E-state index in [1.165, 1.54) is 10.4 Å². The molecule has 138 valence electrons. The van der Waals surface area contributed by atoms with E-state index < -0.39 is 15.6 Å². The van der Waals surface area contributed by atoms with Crippen LogP contribution in [0.25, 0.3) is 11.0 Å². The molecular formula is C15H17N5O5S. The summed E-state index contributed by atoms with van der Waals surface area (Å²) in [6.45, 7) is 3.73. The molecule has 3 heterocycles. The van der Waals surface area contributed by atoms with Crippen molar-refractivity contribution in [2.45, 2.75) is 36.7 Å². The van der Waals surface area contributed by atoms with Crippen LogP contribution in [-0.4, -0.2) is 51.4 Å². The number of fused-ring (bicyclic) bond motifs is 1. The summed E-state index contributed by atoms with van der Waals surface area (Å²) in [6, 6.07) is 4.61. The van der Waals surface area contributed by atoms with Crippen molar-refractivity contribution in [1.82, 2.24) is 24.8 Å². The number of nitrogens with zero attached hydrogens (tertiary/aromatic N) is 5. The van der Waals surface area contributed by atoms with Gasteiger partial charge in [-0.2, -0.15) is 9.29 Å². The van der Waals surface area contributed by atoms with E-state index >= 15 is 0 Å². The molecule has 0 saturated carbocycles. The van der Waals surface area contributed by atoms with Crippen LogP contribution in [0.3, 0.4) is 0 Å². The van der Waals surface area contributed by atoms with Crippen LogP contribution >= 0.6 is 0 Å². The Morgan fingerprint density at radius 1 is 1.27 bits per heavy atom. The highest BCUT2D eigenvalue weighted by Gasteiger charge is 2.47. The molecule has 2 aromatic heterocycles. The van der Waals surface area contributed by atoms with Gasteiger partial charge in [0, 0.05) is 18.9 Å². The van der Waals surface area contributed by atoms with E-state index in [9.17, 15) is 13.5 Å². The van der Waals surface area contributed by atoms with Crippen molar-refractivity contribution in [2.24, 2.45) is 0 Å². The van der Waals surface area contributed by atoms with Crippen LogP contribution in [-0.2, 0) is 15.6 Å². The third kappa shape index (κ3) is 2.59. The number of aromatic nitrogens is 4. The van der Waals surface area contributed by atoms with E-state index in [0.717, 1.165) is 0 Å². The summed E-state index contributed by atoms with van der Waals surface area (Å²) in [5.41, 5.74) is -1.02. The van der Waals surface area contributed by atoms with Gasteiger partial charge in [0.1, 0.15) is 10.4 Å². The molecule has 1 aromatic carbocycles. The maximum absolute atomic E-state index is 13.0. The Morgan fingerprint density at radius 3 is 2.81 bits per heavy atom. The predicted molar refractivity (Wildman–Crippen MR) is 87.5 cm³/mol. The lowest BCUT2D eigenvalue weighted by atomic mass is 10.0. The second-order valence-electron chi connectivity index (χ2n) is 6.62. The monoisotopic (exact) mass is 379 g/mol. The number of β-amino-alcohol motifs (C(OH)–C–C–N with tert-alkyl or cyclic N) is 1. The first-order valence-corrected chi connectivity index (χ1v) is 9.53. The zero-order valence-electron chi connectivity index (χ0n) is 14.2. The Bertz CT molecular complexity index is 1060. The van der Waals surface area contributed by atoms with Crippen LogP contribution in [0, 0.1) is 0 Å². The first kappa shape index (κ1) is 17.1. The highest BCUT2D eigenvalue weighted by Crippen LogP contribution is 2.35. The van der Waals surface area contributed by atoms with Gasteiger partial charge < -0.3 is 9.63 Å². The molecule has 1 aliphatic heterocycles. The van der Waals surface area contributed by atoms with E-state index in [1.807, 2.05) is 13.8 Å². The quantitative estimate of drug-likeness (QED) is 0.704. The number of rotatable bonds is 4. The maximum atomic E-state index is 13.0. The molecule has 1 aliphatic rings. The lowest BCUT2D eigenvalue weighted by Crippen LogP contribution is -2.34. The summed E-state index contributed by atoms with van der Waals surface area (Å²) in [7, 11) is -3.90. The average molecular weight is 379 g/mol. The number of benzene rings is 1. The van der Waals surface area contributed by atoms with E-state index in [4.69, 9.17) is 4.52 Å². The summed E-state index contributed by atoms with van der Waals surface area (Å²) in [5.74, 6) is 0.531. The van der Waals surface area contributed by atoms with E-state index in [-0.39, 0.29) is 41.7 Å². The second kappa shape index (κ2) is 5.83. The standard InChI is InChI=1S/C15H17N5O5S/c1-9(2)13-16-14(24-19-13)15(21)6-7-20(8-15)26(22,23)11-5-3-4-10-12(11)18-25-17-10/h3-5,9,21H,6-8H2,1-2H3. The fourth-order valence-corrected chi connectivity index (χ4v) is 4.56. The number of sulfonamides is 1. The Labute approximate surface area is 148 Å². The molecule has 1 unspecified atom stereocenters. The molecule has 0 spiro atoms. The molecule has 0 aliphatic carbocycles. The highest BCUT2D eigenvalue weighted by molar-refractivity contribution is 7.89. The van der Waals surface area contributed by atoms with Crippen molar-refractivity contribution in [3.63, 3.8) is 0 Å². The lowest BCUT2D eigenvalue weighted by Gasteiger charge is -2.19. The number of aliphatic hydroxyl groups is 1. The molecule has 3 aromatic rings. The Balaban J connectivity index is 1.66. The van der Waals surface area contributed by atoms with Crippen molar-refractivity contribution < 1.29 is 22.7 Å². The van der Waals surface area contributed by atoms with Crippen molar-refractivity contribution in [3.05, 3.63) is 29.9 Å². The van der Waals surface area contributed by atoms with Gasteiger partial charge in [0.05, 0.1) is 6.54 Å². The molecule has 4 rings (SSSR count). The molecule has 0 radical (unpaired) electrons. The normalized spacial score (nSPS) is 21.8. The first-order valence-electron chi connectivity index (χ1n) is 8.09. The molecule has 10 nitrogen and oxygen atoms in total. The fraction of sp³-hybridized carbons (Fsp3) is 0.467. The van der Waals surface area contributed by atoms with Gasteiger partial charge in [-0.25, -0.2) is 13.0 Å². The highest BCUT2D eigenvalue weighted by atomic mass is 32.2. The second-order valence-corrected chi connectivity index (χ2v) is 8.53. The van der Waals surface area contributed by atoms with Gasteiger partial charge in [0.2, 0.25) is 10.0 Å². The van der Waals surface area contributed by atoms with Gasteiger partial charge in [0.15, 0.2) is 16.9 Å². The third-order valence-corrected chi connectivity index (χ3v) is 6.31. The smallest absolute Gasteiger partial charge is 0.260 e. The van der Waals surface area contributed by atoms with Crippen molar-refractivity contribution in [2.75, 3.05) is 13.1 Å². The van der Waals surface area contributed by atoms with Gasteiger partial charge in [-0.05, 0) is 22.4 Å². The zero-order chi connectivity index (χ0) is 18.5. The van der Waals surface area contributed by atoms with Gasteiger partial charge in [-0.15, -0.1) is 0 Å². The zero-order valence-corrected chi connectivity index (χ0v) is 15.0. The van der Waals surface area contributed by atoms with Crippen LogP contribution in [0.5, 0.6) is 0 Å². The third-order valence-electron chi connectivity index (χ3n) is 4.44. The topological polar surface area (TPSA) is 135 Å². The van der Waals surface area contributed by atoms with Crippen molar-refractivity contribution in [1.29, 1.82) is 0 Å². The predicted octanol–water partition coefficient (Wildman–Crippen LogP) is 1.01. The maximum Gasteiger partial charge on any atom is 0.260 e. The molecule has 1 fully saturated rings. The molecular weight excluding hydrogens is 362 g/mol. The van der Waals surface area contributed by atoms with Crippen LogP contribution in [0.1, 0.15) is 37.9 Å². The molecule has 1 N–H and O–H groups in total. The first-order chi connectivity index (χ1) is 12.3. The molecule has 0 bridgehead atoms. The van der Waals surface area contributed by atoms with Gasteiger partial charge in [-0.1, -0.05) is 25.1 Å². The molecule has 1 atom stereocenters. The van der Waals surface area contributed by atoms with E-state index in [2.05, 4.69) is 25.1 Å². The number of hydrogen-bond acceptors (Lipinski definition) is 9. The summed E-state index contributed by atoms with van der Waals surface area (Å²) >= 11 is 0. The molecule has 0 amide bonds. The summed E-state index contributed by atoms with van der Waals surface area (Å²) in [6.07, 6.45) is 0.152.